The molecule has 0 unspecified atom stereocenters. The van der Waals surface area contributed by atoms with E-state index < -0.39 is 23.7 Å². The minimum absolute atomic E-state index is 0.00690. The van der Waals surface area contributed by atoms with Gasteiger partial charge in [-0.2, -0.15) is 0 Å². The molecular formula is C48H70FNO3. The van der Waals surface area contributed by atoms with Crippen LogP contribution < -0.4 is 5.32 Å². The molecule has 7 rings (SSSR count). The molecule has 1 aromatic carbocycles. The fourth-order valence-electron chi connectivity index (χ4n) is 14.4. The Labute approximate surface area is 320 Å². The number of carbonyl (C=O) groups excluding carboxylic acids is 1. The van der Waals surface area contributed by atoms with Gasteiger partial charge in [0.15, 0.2) is 0 Å². The molecule has 0 spiro atoms. The first-order chi connectivity index (χ1) is 25.0. The predicted octanol–water partition coefficient (Wildman–Crippen LogP) is 11.1. The summed E-state index contributed by atoms with van der Waals surface area (Å²) < 4.78 is 20.4. The number of fused-ring (bicyclic) bond motifs is 7. The molecule has 2 N–H and O–H groups in total. The van der Waals surface area contributed by atoms with Gasteiger partial charge < -0.3 is 15.2 Å². The smallest absolute Gasteiger partial charge is 0.315 e. The van der Waals surface area contributed by atoms with Gasteiger partial charge in [0, 0.05) is 5.54 Å². The van der Waals surface area contributed by atoms with Crippen molar-refractivity contribution in [3.8, 4) is 0 Å². The monoisotopic (exact) mass is 728 g/mol. The van der Waals surface area contributed by atoms with E-state index in [2.05, 4.69) is 64.7 Å². The molecule has 10 atom stereocenters. The summed E-state index contributed by atoms with van der Waals surface area (Å²) in [6, 6.07) is 9.68. The van der Waals surface area contributed by atoms with E-state index in [9.17, 15) is 14.3 Å². The highest BCUT2D eigenvalue weighted by Crippen LogP contribution is 2.76. The maximum atomic E-state index is 14.7. The second kappa shape index (κ2) is 13.7. The fraction of sp³-hybridized carbons (Fsp3) is 0.729. The van der Waals surface area contributed by atoms with Crippen molar-refractivity contribution >= 4 is 5.97 Å². The van der Waals surface area contributed by atoms with Crippen LogP contribution in [0.3, 0.4) is 0 Å². The molecule has 0 heterocycles. The van der Waals surface area contributed by atoms with Crippen LogP contribution in [0, 0.1) is 56.7 Å². The number of allylic oxidation sites excluding steroid dienone is 5. The Morgan fingerprint density at radius 3 is 2.36 bits per heavy atom. The van der Waals surface area contributed by atoms with Crippen LogP contribution >= 0.6 is 0 Å². The molecule has 1 aromatic rings. The van der Waals surface area contributed by atoms with Crippen LogP contribution in [-0.2, 0) is 16.1 Å². The summed E-state index contributed by atoms with van der Waals surface area (Å²) >= 11 is 0. The lowest BCUT2D eigenvalue weighted by Crippen LogP contribution is -2.68. The van der Waals surface area contributed by atoms with Crippen LogP contribution in [0.4, 0.5) is 4.39 Å². The number of esters is 1. The van der Waals surface area contributed by atoms with Crippen molar-refractivity contribution in [3.63, 3.8) is 0 Å². The highest BCUT2D eigenvalue weighted by atomic mass is 19.1. The molecule has 4 nitrogen and oxygen atoms in total. The first-order valence-electron chi connectivity index (χ1n) is 21.3. The third-order valence-corrected chi connectivity index (χ3v) is 17.4. The van der Waals surface area contributed by atoms with Gasteiger partial charge in [-0.05, 0) is 172 Å². The maximum Gasteiger partial charge on any atom is 0.315 e. The third kappa shape index (κ3) is 6.25. The van der Waals surface area contributed by atoms with Crippen LogP contribution in [0.5, 0.6) is 0 Å². The molecule has 4 saturated carbocycles. The molecule has 6 aliphatic carbocycles. The lowest BCUT2D eigenvalue weighted by atomic mass is 9.33. The van der Waals surface area contributed by atoms with Crippen molar-refractivity contribution < 1.29 is 19.0 Å². The molecule has 4 fully saturated rings. The van der Waals surface area contributed by atoms with Crippen molar-refractivity contribution in [2.24, 2.45) is 56.7 Å². The number of hydrogen-bond donors (Lipinski definition) is 2. The number of ether oxygens (including phenoxy) is 1. The quantitative estimate of drug-likeness (QED) is 0.186. The summed E-state index contributed by atoms with van der Waals surface area (Å²) in [5.41, 5.74) is 2.93. The van der Waals surface area contributed by atoms with Crippen LogP contribution in [0.1, 0.15) is 138 Å². The molecule has 0 bridgehead atoms. The van der Waals surface area contributed by atoms with Gasteiger partial charge in [0.05, 0.1) is 11.0 Å². The van der Waals surface area contributed by atoms with Crippen molar-refractivity contribution in [2.75, 3.05) is 13.2 Å². The van der Waals surface area contributed by atoms with Crippen LogP contribution in [0.2, 0.25) is 0 Å². The van der Waals surface area contributed by atoms with Gasteiger partial charge in [0.25, 0.3) is 0 Å². The van der Waals surface area contributed by atoms with E-state index in [4.69, 9.17) is 4.74 Å². The lowest BCUT2D eigenvalue weighted by Gasteiger charge is -2.72. The maximum absolute atomic E-state index is 14.7. The topological polar surface area (TPSA) is 58.6 Å². The Bertz CT molecular complexity index is 1610. The Hall–Kier alpha value is -2.24. The summed E-state index contributed by atoms with van der Waals surface area (Å²) in [5, 5.41) is 14.6. The number of halogens is 1. The van der Waals surface area contributed by atoms with Crippen molar-refractivity contribution in [3.05, 3.63) is 71.8 Å². The zero-order valence-corrected chi connectivity index (χ0v) is 34.2. The first kappa shape index (κ1) is 39.0. The third-order valence-electron chi connectivity index (χ3n) is 17.4. The Kier molecular flexibility index (Phi) is 10.1. The normalized spacial score (nSPS) is 41.9. The average molecular weight is 728 g/mol. The number of rotatable bonds is 10. The second-order valence-electron chi connectivity index (χ2n) is 20.7. The van der Waals surface area contributed by atoms with E-state index in [0.29, 0.717) is 42.4 Å². The molecule has 0 aliphatic heterocycles. The van der Waals surface area contributed by atoms with Gasteiger partial charge >= 0.3 is 5.97 Å². The number of carbonyl (C=O) groups is 1. The molecule has 53 heavy (non-hydrogen) atoms. The summed E-state index contributed by atoms with van der Waals surface area (Å²) in [7, 11) is 0. The molecular weight excluding hydrogens is 658 g/mol. The highest BCUT2D eigenvalue weighted by Gasteiger charge is 2.70. The molecule has 0 saturated heterocycles. The summed E-state index contributed by atoms with van der Waals surface area (Å²) in [5.74, 6) is 2.71. The van der Waals surface area contributed by atoms with E-state index in [1.807, 2.05) is 44.2 Å². The standard InChI is InChI=1S/C48H70FNO3/c1-9-34-19-26-48(50-30-29-42(2,3)52)28-27-45(7)37(40(34)48)15-16-39-44(6)22-20-36(43(4,5)38(44)21-23-46(39,45)8)35-17-24-47(32-49,25-18-35)41(51)53-31-33-13-11-10-12-14-33/h9-14,17,20,34,37-40,50,52H,1,15-16,18-19,21-32H2,2-8H3/t34-,37-,38+,39-,40-,44+,45-,46-,47+,48+/m1/s1. The SMILES string of the molecule is C=C[C@@H]1CC[C@]2(NCCC(C)(C)O)CC[C@]3(C)[C@H](CC[C@@H]4[C@@]5(C)CC=C(C6=CC[C@](CF)(C(=O)OCc7ccccc7)CC6)C(C)(C)[C@@H]5CC[C@]43C)[C@@H]12. The van der Waals surface area contributed by atoms with Crippen LogP contribution in [-0.4, -0.2) is 35.4 Å². The molecule has 0 amide bonds. The van der Waals surface area contributed by atoms with E-state index in [1.165, 1.54) is 62.5 Å². The van der Waals surface area contributed by atoms with E-state index in [0.717, 1.165) is 31.4 Å². The molecule has 0 aromatic heterocycles. The highest BCUT2D eigenvalue weighted by molar-refractivity contribution is 5.78. The number of nitrogens with one attached hydrogen (secondary N) is 1. The Morgan fingerprint density at radius 1 is 0.943 bits per heavy atom. The van der Waals surface area contributed by atoms with Crippen LogP contribution in [0.15, 0.2) is 66.3 Å². The van der Waals surface area contributed by atoms with Gasteiger partial charge in [0.2, 0.25) is 0 Å². The Morgan fingerprint density at radius 2 is 1.70 bits per heavy atom. The van der Waals surface area contributed by atoms with Gasteiger partial charge in [-0.3, -0.25) is 4.79 Å². The zero-order chi connectivity index (χ0) is 38.1. The summed E-state index contributed by atoms with van der Waals surface area (Å²) in [6.45, 7) is 21.7. The van der Waals surface area contributed by atoms with Gasteiger partial charge in [-0.15, -0.1) is 6.58 Å². The average Bonchev–Trinajstić information content (AvgIpc) is 3.49. The predicted molar refractivity (Wildman–Crippen MR) is 214 cm³/mol. The molecule has 5 heteroatoms. The largest absolute Gasteiger partial charge is 0.460 e. The summed E-state index contributed by atoms with van der Waals surface area (Å²) in [6.07, 6.45) is 20.7. The minimum Gasteiger partial charge on any atom is -0.460 e. The van der Waals surface area contributed by atoms with E-state index in [-0.39, 0.29) is 33.8 Å². The van der Waals surface area contributed by atoms with Crippen molar-refractivity contribution in [1.82, 2.24) is 5.32 Å². The number of benzene rings is 1. The zero-order valence-electron chi connectivity index (χ0n) is 34.2. The van der Waals surface area contributed by atoms with Crippen molar-refractivity contribution in [2.45, 2.75) is 150 Å². The van der Waals surface area contributed by atoms with Crippen molar-refractivity contribution in [1.29, 1.82) is 0 Å². The number of hydrogen-bond acceptors (Lipinski definition) is 4. The van der Waals surface area contributed by atoms with Gasteiger partial charge in [-0.1, -0.05) is 83.2 Å². The molecule has 0 radical (unpaired) electrons. The summed E-state index contributed by atoms with van der Waals surface area (Å²) in [4.78, 5) is 13.3. The Balaban J connectivity index is 1.11. The van der Waals surface area contributed by atoms with E-state index in [1.54, 1.807) is 0 Å². The lowest BCUT2D eigenvalue weighted by molar-refractivity contribution is -0.220. The minimum atomic E-state index is -1.08. The second-order valence-corrected chi connectivity index (χ2v) is 20.7. The fourth-order valence-corrected chi connectivity index (χ4v) is 14.4. The number of alkyl halides is 1. The first-order valence-corrected chi connectivity index (χ1v) is 21.3. The molecule has 6 aliphatic rings. The molecule has 292 valence electrons. The number of aliphatic hydroxyl groups is 1. The van der Waals surface area contributed by atoms with Gasteiger partial charge in [0.1, 0.15) is 13.3 Å². The van der Waals surface area contributed by atoms with Crippen LogP contribution in [0.25, 0.3) is 0 Å². The van der Waals surface area contributed by atoms with Gasteiger partial charge in [-0.25, -0.2) is 4.39 Å². The van der Waals surface area contributed by atoms with E-state index >= 15 is 0 Å².